The van der Waals surface area contributed by atoms with Gasteiger partial charge in [-0.25, -0.2) is 9.18 Å². The lowest BCUT2D eigenvalue weighted by molar-refractivity contribution is 0.0967. The van der Waals surface area contributed by atoms with E-state index in [-0.39, 0.29) is 29.1 Å². The van der Waals surface area contributed by atoms with Gasteiger partial charge in [-0.1, -0.05) is 12.1 Å². The van der Waals surface area contributed by atoms with Crippen LogP contribution in [0.15, 0.2) is 47.0 Å². The molecule has 1 saturated carbocycles. The Morgan fingerprint density at radius 1 is 1.26 bits per heavy atom. The van der Waals surface area contributed by atoms with Crippen molar-refractivity contribution in [2.24, 2.45) is 11.7 Å². The average Bonchev–Trinajstić information content (AvgIpc) is 3.50. The van der Waals surface area contributed by atoms with Gasteiger partial charge in [-0.05, 0) is 61.7 Å². The summed E-state index contributed by atoms with van der Waals surface area (Å²) in [5, 5.41) is 6.09. The quantitative estimate of drug-likeness (QED) is 0.514. The molecular formula is C22H21FN4O4. The monoisotopic (exact) mass is 424 g/mol. The van der Waals surface area contributed by atoms with Gasteiger partial charge in [0.05, 0.1) is 5.69 Å². The molecule has 1 atom stereocenters. The molecule has 4 rings (SSSR count). The molecule has 1 aliphatic carbocycles. The predicted molar refractivity (Wildman–Crippen MR) is 110 cm³/mol. The molecule has 0 unspecified atom stereocenters. The Balaban J connectivity index is 1.47. The first-order chi connectivity index (χ1) is 14.9. The smallest absolute Gasteiger partial charge is 0.316 e. The van der Waals surface area contributed by atoms with Gasteiger partial charge in [0, 0.05) is 17.0 Å². The zero-order valence-electron chi connectivity index (χ0n) is 16.8. The highest BCUT2D eigenvalue weighted by Gasteiger charge is 2.30. The van der Waals surface area contributed by atoms with Gasteiger partial charge in [-0.15, -0.1) is 0 Å². The fourth-order valence-corrected chi connectivity index (χ4v) is 3.12. The van der Waals surface area contributed by atoms with Gasteiger partial charge in [0.1, 0.15) is 11.6 Å². The van der Waals surface area contributed by atoms with Crippen LogP contribution in [0.4, 0.5) is 14.9 Å². The zero-order valence-corrected chi connectivity index (χ0v) is 16.8. The highest BCUT2D eigenvalue weighted by molar-refractivity contribution is 5.99. The number of ether oxygens (including phenoxy) is 1. The normalized spacial score (nSPS) is 14.1. The first-order valence-corrected chi connectivity index (χ1v) is 9.95. The van der Waals surface area contributed by atoms with E-state index in [1.54, 1.807) is 30.3 Å². The van der Waals surface area contributed by atoms with Gasteiger partial charge in [0.25, 0.3) is 5.89 Å². The molecule has 0 bridgehead atoms. The largest absolute Gasteiger partial charge is 0.481 e. The number of Topliss-reactive ketones (excluding diaryl/α,β-unsaturated/α-hetero) is 1. The number of anilines is 1. The van der Waals surface area contributed by atoms with E-state index in [1.165, 1.54) is 12.1 Å². The van der Waals surface area contributed by atoms with Crippen LogP contribution in [0, 0.1) is 11.7 Å². The van der Waals surface area contributed by atoms with Crippen molar-refractivity contribution in [1.29, 1.82) is 0 Å². The van der Waals surface area contributed by atoms with Crippen LogP contribution in [0.2, 0.25) is 0 Å². The molecule has 1 heterocycles. The fraction of sp³-hybridized carbons (Fsp3) is 0.273. The summed E-state index contributed by atoms with van der Waals surface area (Å²) in [5.41, 5.74) is 6.02. The van der Waals surface area contributed by atoms with Crippen LogP contribution in [0.25, 0.3) is 11.4 Å². The number of amides is 2. The van der Waals surface area contributed by atoms with Crippen molar-refractivity contribution in [3.05, 3.63) is 59.7 Å². The molecule has 0 spiro atoms. The summed E-state index contributed by atoms with van der Waals surface area (Å²) >= 11 is 0. The van der Waals surface area contributed by atoms with E-state index in [4.69, 9.17) is 15.0 Å². The Hall–Kier alpha value is -3.75. The van der Waals surface area contributed by atoms with Crippen LogP contribution in [-0.2, 0) is 0 Å². The highest BCUT2D eigenvalue weighted by Crippen LogP contribution is 2.33. The maximum atomic E-state index is 14.2. The maximum absolute atomic E-state index is 14.2. The van der Waals surface area contributed by atoms with E-state index >= 15 is 0 Å². The van der Waals surface area contributed by atoms with Gasteiger partial charge in [-0.2, -0.15) is 4.98 Å². The van der Waals surface area contributed by atoms with Gasteiger partial charge >= 0.3 is 6.03 Å². The Morgan fingerprint density at radius 3 is 2.61 bits per heavy atom. The molecule has 31 heavy (non-hydrogen) atoms. The first-order valence-electron chi connectivity index (χ1n) is 9.95. The van der Waals surface area contributed by atoms with Crippen molar-refractivity contribution in [2.45, 2.75) is 32.3 Å². The van der Waals surface area contributed by atoms with Crippen molar-refractivity contribution in [3.63, 3.8) is 0 Å². The molecule has 0 radical (unpaired) electrons. The van der Waals surface area contributed by atoms with Gasteiger partial charge < -0.3 is 20.3 Å². The van der Waals surface area contributed by atoms with Crippen LogP contribution >= 0.6 is 0 Å². The highest BCUT2D eigenvalue weighted by atomic mass is 19.1. The molecule has 1 aliphatic rings. The summed E-state index contributed by atoms with van der Waals surface area (Å²) in [6.45, 7) is 1.91. The third-order valence-corrected chi connectivity index (χ3v) is 4.94. The van der Waals surface area contributed by atoms with Crippen molar-refractivity contribution in [3.8, 4) is 17.1 Å². The first kappa shape index (κ1) is 20.5. The molecule has 0 aliphatic heterocycles. The summed E-state index contributed by atoms with van der Waals surface area (Å²) < 4.78 is 25.4. The summed E-state index contributed by atoms with van der Waals surface area (Å²) in [5.74, 6) is 0.669. The zero-order chi connectivity index (χ0) is 22.0. The molecular weight excluding hydrogens is 403 g/mol. The number of carbonyl (C=O) groups excluding carboxylic acids is 2. The number of nitrogens with one attached hydrogen (secondary N) is 1. The summed E-state index contributed by atoms with van der Waals surface area (Å²) in [4.78, 5) is 27.3. The molecule has 3 aromatic rings. The number of urea groups is 1. The van der Waals surface area contributed by atoms with Crippen LogP contribution in [0.3, 0.4) is 0 Å². The van der Waals surface area contributed by atoms with E-state index in [9.17, 15) is 14.0 Å². The topological polar surface area (TPSA) is 120 Å². The minimum Gasteiger partial charge on any atom is -0.481 e. The number of ketones is 1. The molecule has 0 saturated heterocycles. The SMILES string of the molecule is CC[C@@H](Oc1ccc(C(=O)C2CC2)cc1)c1nc(-c2ccc(NC(N)=O)c(F)c2)no1. The second kappa shape index (κ2) is 8.55. The van der Waals surface area contributed by atoms with Crippen LogP contribution in [-0.4, -0.2) is 22.0 Å². The summed E-state index contributed by atoms with van der Waals surface area (Å²) in [6, 6.07) is 10.2. The van der Waals surface area contributed by atoms with Crippen molar-refractivity contribution in [2.75, 3.05) is 5.32 Å². The fourth-order valence-electron chi connectivity index (χ4n) is 3.12. The number of aromatic nitrogens is 2. The molecule has 8 nitrogen and oxygen atoms in total. The van der Waals surface area contributed by atoms with E-state index in [0.717, 1.165) is 12.8 Å². The Bertz CT molecular complexity index is 1110. The van der Waals surface area contributed by atoms with Crippen molar-refractivity contribution < 1.29 is 23.2 Å². The van der Waals surface area contributed by atoms with Crippen LogP contribution < -0.4 is 15.8 Å². The number of carbonyl (C=O) groups is 2. The second-order valence-electron chi connectivity index (χ2n) is 7.32. The number of nitrogens with two attached hydrogens (primary N) is 1. The number of benzene rings is 2. The van der Waals surface area contributed by atoms with Gasteiger partial charge in [0.2, 0.25) is 5.82 Å². The Morgan fingerprint density at radius 2 is 2.00 bits per heavy atom. The van der Waals surface area contributed by atoms with E-state index in [2.05, 4.69) is 15.5 Å². The lowest BCUT2D eigenvalue weighted by atomic mass is 10.1. The lowest BCUT2D eigenvalue weighted by Gasteiger charge is -2.13. The maximum Gasteiger partial charge on any atom is 0.316 e. The number of hydrogen-bond acceptors (Lipinski definition) is 6. The standard InChI is InChI=1S/C22H21FN4O4/c1-2-18(30-15-8-5-13(6-9-15)19(28)12-3-4-12)21-26-20(27-31-21)14-7-10-17(16(23)11-14)25-22(24)29/h5-12,18H,2-4H2,1H3,(H3,24,25,29)/t18-/m1/s1. The number of hydrogen-bond donors (Lipinski definition) is 2. The summed E-state index contributed by atoms with van der Waals surface area (Å²) in [7, 11) is 0. The van der Waals surface area contributed by atoms with E-state index in [1.807, 2.05) is 6.92 Å². The molecule has 2 amide bonds. The molecule has 2 aromatic carbocycles. The van der Waals surface area contributed by atoms with E-state index in [0.29, 0.717) is 23.3 Å². The second-order valence-corrected chi connectivity index (χ2v) is 7.32. The average molecular weight is 424 g/mol. The third kappa shape index (κ3) is 4.71. The van der Waals surface area contributed by atoms with Gasteiger partial charge in [-0.3, -0.25) is 4.79 Å². The Labute approximate surface area is 177 Å². The van der Waals surface area contributed by atoms with Crippen LogP contribution in [0.1, 0.15) is 48.5 Å². The number of primary amides is 1. The molecule has 1 fully saturated rings. The Kier molecular flexibility index (Phi) is 5.66. The molecule has 9 heteroatoms. The minimum absolute atomic E-state index is 0.0432. The molecule has 1 aromatic heterocycles. The third-order valence-electron chi connectivity index (χ3n) is 4.94. The molecule has 160 valence electrons. The van der Waals surface area contributed by atoms with E-state index < -0.39 is 18.0 Å². The lowest BCUT2D eigenvalue weighted by Crippen LogP contribution is -2.19. The minimum atomic E-state index is -0.860. The van der Waals surface area contributed by atoms with Gasteiger partial charge in [0.15, 0.2) is 11.9 Å². The van der Waals surface area contributed by atoms with Crippen molar-refractivity contribution >= 4 is 17.5 Å². The molecule has 3 N–H and O–H groups in total. The number of rotatable bonds is 8. The predicted octanol–water partition coefficient (Wildman–Crippen LogP) is 4.49. The van der Waals surface area contributed by atoms with Crippen LogP contribution in [0.5, 0.6) is 5.75 Å². The summed E-state index contributed by atoms with van der Waals surface area (Å²) in [6.07, 6.45) is 1.97. The number of halogens is 1. The van der Waals surface area contributed by atoms with Crippen molar-refractivity contribution in [1.82, 2.24) is 10.1 Å². The number of nitrogens with zero attached hydrogens (tertiary/aromatic N) is 2.